The van der Waals surface area contributed by atoms with Crippen LogP contribution in [0.1, 0.15) is 40.6 Å². The Hall–Kier alpha value is -3.19. The SMILES string of the molecule is Cc1nn(-c2ccccc2)c(Cl)c1C(=O)N1CCC[C@@H](c2nnc3ccccn23)C1. The largest absolute Gasteiger partial charge is 0.338 e. The molecule has 0 N–H and O–H groups in total. The number of rotatable bonds is 3. The van der Waals surface area contributed by atoms with Gasteiger partial charge in [-0.25, -0.2) is 4.68 Å². The average Bonchev–Trinajstić information content (AvgIpc) is 3.34. The van der Waals surface area contributed by atoms with E-state index in [0.717, 1.165) is 30.0 Å². The highest BCUT2D eigenvalue weighted by atomic mass is 35.5. The first-order chi connectivity index (χ1) is 14.6. The summed E-state index contributed by atoms with van der Waals surface area (Å²) >= 11 is 6.62. The molecule has 0 unspecified atom stereocenters. The van der Waals surface area contributed by atoms with Crippen LogP contribution in [0.4, 0.5) is 0 Å². The Bertz CT molecular complexity index is 1220. The van der Waals surface area contributed by atoms with E-state index in [4.69, 9.17) is 11.6 Å². The fourth-order valence-electron chi connectivity index (χ4n) is 4.15. The van der Waals surface area contributed by atoms with Crippen LogP contribution in [0.25, 0.3) is 11.3 Å². The lowest BCUT2D eigenvalue weighted by atomic mass is 9.96. The smallest absolute Gasteiger partial charge is 0.258 e. The summed E-state index contributed by atoms with van der Waals surface area (Å²) in [4.78, 5) is 15.3. The van der Waals surface area contributed by atoms with E-state index in [-0.39, 0.29) is 11.8 Å². The van der Waals surface area contributed by atoms with Crippen LogP contribution in [0, 0.1) is 6.92 Å². The van der Waals surface area contributed by atoms with E-state index in [1.807, 2.05) is 71.0 Å². The van der Waals surface area contributed by atoms with Gasteiger partial charge in [0.2, 0.25) is 0 Å². The van der Waals surface area contributed by atoms with Gasteiger partial charge in [0, 0.05) is 25.2 Å². The molecule has 0 spiro atoms. The van der Waals surface area contributed by atoms with Gasteiger partial charge in [0.1, 0.15) is 11.0 Å². The second-order valence-electron chi connectivity index (χ2n) is 7.58. The van der Waals surface area contributed by atoms with Gasteiger partial charge in [-0.15, -0.1) is 10.2 Å². The highest BCUT2D eigenvalue weighted by molar-refractivity contribution is 6.33. The van der Waals surface area contributed by atoms with Crippen molar-refractivity contribution in [1.82, 2.24) is 29.3 Å². The second-order valence-corrected chi connectivity index (χ2v) is 7.93. The normalized spacial score (nSPS) is 16.9. The maximum atomic E-state index is 13.4. The molecular formula is C22H21ClN6O. The molecule has 1 aliphatic heterocycles. The van der Waals surface area contributed by atoms with Crippen molar-refractivity contribution >= 4 is 23.2 Å². The summed E-state index contributed by atoms with van der Waals surface area (Å²) in [6.45, 7) is 3.10. The standard InChI is InChI=1S/C22H21ClN6O/c1-15-19(20(23)29(26-15)17-9-3-2-4-10-17)22(30)27-12-7-8-16(14-27)21-25-24-18-11-5-6-13-28(18)21/h2-6,9-11,13,16H,7-8,12,14H2,1H3/t16-/m1/s1. The summed E-state index contributed by atoms with van der Waals surface area (Å²) in [6.07, 6.45) is 3.84. The molecule has 1 saturated heterocycles. The quantitative estimate of drug-likeness (QED) is 0.504. The number of fused-ring (bicyclic) bond motifs is 1. The van der Waals surface area contributed by atoms with Crippen molar-refractivity contribution in [3.8, 4) is 5.69 Å². The van der Waals surface area contributed by atoms with Crippen molar-refractivity contribution < 1.29 is 4.79 Å². The van der Waals surface area contributed by atoms with Crippen LogP contribution in [-0.2, 0) is 0 Å². The van der Waals surface area contributed by atoms with Crippen LogP contribution >= 0.6 is 11.6 Å². The number of benzene rings is 1. The molecule has 8 heteroatoms. The van der Waals surface area contributed by atoms with E-state index in [9.17, 15) is 4.79 Å². The van der Waals surface area contributed by atoms with E-state index in [2.05, 4.69) is 15.3 Å². The molecule has 1 aromatic carbocycles. The number of carbonyl (C=O) groups is 1. The number of para-hydroxylation sites is 1. The molecule has 0 saturated carbocycles. The summed E-state index contributed by atoms with van der Waals surface area (Å²) in [7, 11) is 0. The zero-order valence-corrected chi connectivity index (χ0v) is 17.3. The molecule has 152 valence electrons. The maximum Gasteiger partial charge on any atom is 0.258 e. The number of halogens is 1. The molecule has 30 heavy (non-hydrogen) atoms. The topological polar surface area (TPSA) is 68.3 Å². The number of nitrogens with zero attached hydrogens (tertiary/aromatic N) is 6. The number of piperidine rings is 1. The fraction of sp³-hybridized carbons (Fsp3) is 0.273. The molecular weight excluding hydrogens is 400 g/mol. The van der Waals surface area contributed by atoms with Gasteiger partial charge in [0.25, 0.3) is 5.91 Å². The number of hydrogen-bond acceptors (Lipinski definition) is 4. The number of aromatic nitrogens is 5. The van der Waals surface area contributed by atoms with E-state index < -0.39 is 0 Å². The molecule has 0 aliphatic carbocycles. The van der Waals surface area contributed by atoms with Crippen LogP contribution in [0.15, 0.2) is 54.7 Å². The van der Waals surface area contributed by atoms with Gasteiger partial charge in [0.15, 0.2) is 5.65 Å². The lowest BCUT2D eigenvalue weighted by molar-refractivity contribution is 0.0703. The van der Waals surface area contributed by atoms with Crippen LogP contribution in [0.2, 0.25) is 5.15 Å². The predicted octanol–water partition coefficient (Wildman–Crippen LogP) is 3.90. The van der Waals surface area contributed by atoms with Crippen molar-refractivity contribution in [3.63, 3.8) is 0 Å². The summed E-state index contributed by atoms with van der Waals surface area (Å²) in [6, 6.07) is 15.4. The number of amides is 1. The second kappa shape index (κ2) is 7.57. The van der Waals surface area contributed by atoms with Crippen LogP contribution in [0.5, 0.6) is 0 Å². The Labute approximate surface area is 178 Å². The highest BCUT2D eigenvalue weighted by Gasteiger charge is 2.31. The Balaban J connectivity index is 1.43. The van der Waals surface area contributed by atoms with Crippen LogP contribution in [-0.4, -0.2) is 48.3 Å². The molecule has 1 amide bonds. The molecule has 5 rings (SSSR count). The van der Waals surface area contributed by atoms with Gasteiger partial charge >= 0.3 is 0 Å². The average molecular weight is 421 g/mol. The number of carbonyl (C=O) groups excluding carboxylic acids is 1. The minimum Gasteiger partial charge on any atom is -0.338 e. The third kappa shape index (κ3) is 3.15. The first kappa shape index (κ1) is 18.8. The fourth-order valence-corrected chi connectivity index (χ4v) is 4.50. The van der Waals surface area contributed by atoms with Gasteiger partial charge in [-0.1, -0.05) is 35.9 Å². The van der Waals surface area contributed by atoms with Crippen LogP contribution < -0.4 is 0 Å². The van der Waals surface area contributed by atoms with Crippen molar-refractivity contribution in [3.05, 3.63) is 77.0 Å². The summed E-state index contributed by atoms with van der Waals surface area (Å²) < 4.78 is 3.63. The zero-order valence-electron chi connectivity index (χ0n) is 16.6. The van der Waals surface area contributed by atoms with Crippen molar-refractivity contribution in [1.29, 1.82) is 0 Å². The lowest BCUT2D eigenvalue weighted by Gasteiger charge is -2.32. The number of aryl methyl sites for hydroxylation is 1. The Morgan fingerprint density at radius 1 is 1.10 bits per heavy atom. The molecule has 7 nitrogen and oxygen atoms in total. The Morgan fingerprint density at radius 2 is 1.90 bits per heavy atom. The first-order valence-corrected chi connectivity index (χ1v) is 10.4. The molecule has 4 heterocycles. The molecule has 1 fully saturated rings. The third-order valence-electron chi connectivity index (χ3n) is 5.63. The van der Waals surface area contributed by atoms with Gasteiger partial charge in [0.05, 0.1) is 16.9 Å². The number of likely N-dealkylation sites (tertiary alicyclic amines) is 1. The molecule has 1 aliphatic rings. The van der Waals surface area contributed by atoms with E-state index >= 15 is 0 Å². The minimum absolute atomic E-state index is 0.0850. The summed E-state index contributed by atoms with van der Waals surface area (Å²) in [5, 5.41) is 13.5. The monoisotopic (exact) mass is 420 g/mol. The molecule has 0 radical (unpaired) electrons. The molecule has 4 aromatic rings. The summed E-state index contributed by atoms with van der Waals surface area (Å²) in [5.41, 5.74) is 2.74. The van der Waals surface area contributed by atoms with Crippen molar-refractivity contribution in [2.75, 3.05) is 13.1 Å². The van der Waals surface area contributed by atoms with Gasteiger partial charge < -0.3 is 4.90 Å². The van der Waals surface area contributed by atoms with Crippen molar-refractivity contribution in [2.24, 2.45) is 0 Å². The lowest BCUT2D eigenvalue weighted by Crippen LogP contribution is -2.39. The van der Waals surface area contributed by atoms with Crippen LogP contribution in [0.3, 0.4) is 0 Å². The minimum atomic E-state index is -0.0850. The highest BCUT2D eigenvalue weighted by Crippen LogP contribution is 2.30. The van der Waals surface area contributed by atoms with E-state index in [1.165, 1.54) is 0 Å². The number of pyridine rings is 1. The molecule has 1 atom stereocenters. The third-order valence-corrected chi connectivity index (χ3v) is 5.98. The van der Waals surface area contributed by atoms with Gasteiger partial charge in [-0.3, -0.25) is 9.20 Å². The first-order valence-electron chi connectivity index (χ1n) is 10.0. The van der Waals surface area contributed by atoms with Gasteiger partial charge in [-0.05, 0) is 44.0 Å². The maximum absolute atomic E-state index is 13.4. The Kier molecular flexibility index (Phi) is 4.75. The zero-order chi connectivity index (χ0) is 20.7. The Morgan fingerprint density at radius 3 is 2.73 bits per heavy atom. The molecule has 0 bridgehead atoms. The van der Waals surface area contributed by atoms with E-state index in [1.54, 1.807) is 4.68 Å². The number of hydrogen-bond donors (Lipinski definition) is 0. The summed E-state index contributed by atoms with van der Waals surface area (Å²) in [5.74, 6) is 0.937. The molecule has 3 aromatic heterocycles. The predicted molar refractivity (Wildman–Crippen MR) is 114 cm³/mol. The van der Waals surface area contributed by atoms with E-state index in [0.29, 0.717) is 29.5 Å². The van der Waals surface area contributed by atoms with Gasteiger partial charge in [-0.2, -0.15) is 5.10 Å². The van der Waals surface area contributed by atoms with Crippen molar-refractivity contribution in [2.45, 2.75) is 25.7 Å².